The van der Waals surface area contributed by atoms with E-state index in [4.69, 9.17) is 0 Å². The third kappa shape index (κ3) is 4.09. The maximum absolute atomic E-state index is 15.5. The average Bonchev–Trinajstić information content (AvgIpc) is 2.96. The topological polar surface area (TPSA) is 116 Å². The molecule has 0 aromatic rings. The molecule has 0 aromatic carbocycles. The Hall–Kier alpha value is -2.12. The molecule has 252 valence electrons. The van der Waals surface area contributed by atoms with Gasteiger partial charge < -0.3 is 21.3 Å². The van der Waals surface area contributed by atoms with Gasteiger partial charge in [0, 0.05) is 5.54 Å². The van der Waals surface area contributed by atoms with Gasteiger partial charge in [-0.1, -0.05) is 0 Å². The minimum Gasteiger partial charge on any atom is -0.349 e. The summed E-state index contributed by atoms with van der Waals surface area (Å²) in [4.78, 5) is 57.5. The minimum absolute atomic E-state index is 0.0208. The molecule has 12 rings (SSSR count). The Kier molecular flexibility index (Phi) is 6.49. The van der Waals surface area contributed by atoms with Crippen molar-refractivity contribution in [2.24, 2.45) is 71.0 Å². The maximum Gasteiger partial charge on any atom is 0.247 e. The van der Waals surface area contributed by atoms with Crippen LogP contribution in [0.15, 0.2) is 0 Å². The molecular weight excluding hydrogens is 576 g/mol. The Labute approximate surface area is 274 Å². The van der Waals surface area contributed by atoms with Gasteiger partial charge in [-0.2, -0.15) is 0 Å². The summed E-state index contributed by atoms with van der Waals surface area (Å²) in [5.41, 5.74) is -3.34. The Balaban J connectivity index is 1.10. The molecular formula is C38H56N4O4. The van der Waals surface area contributed by atoms with Gasteiger partial charge in [0.05, 0.1) is 0 Å². The van der Waals surface area contributed by atoms with E-state index in [1.807, 2.05) is 20.8 Å². The van der Waals surface area contributed by atoms with E-state index < -0.39 is 22.2 Å². The van der Waals surface area contributed by atoms with Crippen molar-refractivity contribution in [1.29, 1.82) is 0 Å². The second-order valence-corrected chi connectivity index (χ2v) is 19.4. The zero-order valence-electron chi connectivity index (χ0n) is 28.2. The summed E-state index contributed by atoms with van der Waals surface area (Å²) in [5.74, 6) is 4.23. The third-order valence-electron chi connectivity index (χ3n) is 15.8. The normalized spacial score (nSPS) is 52.0. The average molecular weight is 633 g/mol. The molecule has 0 radical (unpaired) electrons. The fourth-order valence-corrected chi connectivity index (χ4v) is 14.8. The summed E-state index contributed by atoms with van der Waals surface area (Å²) in [6.07, 6.45) is 16.3. The summed E-state index contributed by atoms with van der Waals surface area (Å²) in [5, 5.41) is 13.7. The predicted molar refractivity (Wildman–Crippen MR) is 173 cm³/mol. The zero-order valence-corrected chi connectivity index (χ0v) is 28.2. The molecule has 0 spiro atoms. The van der Waals surface area contributed by atoms with E-state index in [1.165, 1.54) is 19.3 Å². The van der Waals surface area contributed by atoms with Crippen LogP contribution in [0.25, 0.3) is 0 Å². The molecule has 8 heteroatoms. The Morgan fingerprint density at radius 1 is 0.478 bits per heavy atom. The monoisotopic (exact) mass is 632 g/mol. The smallest absolute Gasteiger partial charge is 0.247 e. The van der Waals surface area contributed by atoms with Crippen LogP contribution in [0.5, 0.6) is 0 Å². The van der Waals surface area contributed by atoms with Gasteiger partial charge in [-0.25, -0.2) is 0 Å². The molecule has 4 N–H and O–H groups in total. The van der Waals surface area contributed by atoms with E-state index in [1.54, 1.807) is 0 Å². The van der Waals surface area contributed by atoms with E-state index in [2.05, 4.69) is 21.3 Å². The molecule has 12 fully saturated rings. The summed E-state index contributed by atoms with van der Waals surface area (Å²) >= 11 is 0. The second kappa shape index (κ2) is 9.96. The van der Waals surface area contributed by atoms with Gasteiger partial charge in [-0.3, -0.25) is 19.2 Å². The van der Waals surface area contributed by atoms with Crippen molar-refractivity contribution in [3.63, 3.8) is 0 Å². The molecule has 12 aliphatic rings. The summed E-state index contributed by atoms with van der Waals surface area (Å²) < 4.78 is 0. The minimum atomic E-state index is -1.04. The summed E-state index contributed by atoms with van der Waals surface area (Å²) in [6, 6.07) is 0. The third-order valence-corrected chi connectivity index (χ3v) is 15.8. The van der Waals surface area contributed by atoms with Gasteiger partial charge in [-0.15, -0.1) is 0 Å². The van der Waals surface area contributed by atoms with Crippen LogP contribution in [0.2, 0.25) is 0 Å². The van der Waals surface area contributed by atoms with Crippen LogP contribution in [0, 0.1) is 71.0 Å². The number of carbonyl (C=O) groups excluding carboxylic acids is 4. The first-order chi connectivity index (χ1) is 21.9. The number of amides is 4. The molecule has 46 heavy (non-hydrogen) atoms. The van der Waals surface area contributed by atoms with Crippen LogP contribution in [0.3, 0.4) is 0 Å². The second-order valence-electron chi connectivity index (χ2n) is 19.4. The van der Waals surface area contributed by atoms with Gasteiger partial charge in [0.15, 0.2) is 0 Å². The van der Waals surface area contributed by atoms with Crippen molar-refractivity contribution >= 4 is 24.1 Å². The summed E-state index contributed by atoms with van der Waals surface area (Å²) in [7, 11) is 0. The van der Waals surface area contributed by atoms with Crippen molar-refractivity contribution in [1.82, 2.24) is 21.3 Å². The number of carbonyl (C=O) groups is 4. The van der Waals surface area contributed by atoms with Crippen molar-refractivity contribution in [2.45, 2.75) is 139 Å². The van der Waals surface area contributed by atoms with Crippen molar-refractivity contribution in [3.05, 3.63) is 0 Å². The van der Waals surface area contributed by atoms with Crippen molar-refractivity contribution in [2.75, 3.05) is 0 Å². The van der Waals surface area contributed by atoms with Crippen LogP contribution in [-0.4, -0.2) is 46.3 Å². The fourth-order valence-electron chi connectivity index (χ4n) is 14.8. The van der Waals surface area contributed by atoms with Crippen LogP contribution < -0.4 is 21.3 Å². The first-order valence-corrected chi connectivity index (χ1v) is 19.1. The Morgan fingerprint density at radius 3 is 1.07 bits per heavy atom. The summed E-state index contributed by atoms with van der Waals surface area (Å²) in [6.45, 7) is 6.08. The molecule has 0 saturated heterocycles. The molecule has 12 bridgehead atoms. The highest BCUT2D eigenvalue weighted by molar-refractivity contribution is 6.00. The first kappa shape index (κ1) is 30.0. The molecule has 0 atom stereocenters. The lowest BCUT2D eigenvalue weighted by molar-refractivity contribution is -0.170. The van der Waals surface area contributed by atoms with Crippen LogP contribution in [0.4, 0.5) is 0 Å². The quantitative estimate of drug-likeness (QED) is 0.310. The van der Waals surface area contributed by atoms with E-state index in [9.17, 15) is 9.59 Å². The Morgan fingerprint density at radius 2 is 0.761 bits per heavy atom. The van der Waals surface area contributed by atoms with E-state index in [0.29, 0.717) is 35.5 Å². The highest BCUT2D eigenvalue weighted by atomic mass is 16.2. The van der Waals surface area contributed by atoms with Crippen LogP contribution in [-0.2, 0) is 19.2 Å². The van der Waals surface area contributed by atoms with E-state index >= 15 is 9.59 Å². The lowest BCUT2D eigenvalue weighted by atomic mass is 9.46. The Bertz CT molecular complexity index is 1250. The number of hydrogen-bond acceptors (Lipinski definition) is 4. The molecule has 0 aromatic heterocycles. The molecule has 4 amide bonds. The molecule has 8 nitrogen and oxygen atoms in total. The van der Waals surface area contributed by atoms with Crippen LogP contribution in [0.1, 0.15) is 117 Å². The van der Waals surface area contributed by atoms with Crippen LogP contribution >= 0.6 is 0 Å². The largest absolute Gasteiger partial charge is 0.349 e. The van der Waals surface area contributed by atoms with Gasteiger partial charge in [0.1, 0.15) is 16.6 Å². The standard InChI is InChI=1S/C38H56N4O4/c1-35(2,3)40-33(45)37(28-11-22-5-23(13-28)14-29(37)12-22)42-34(46)38(30-15-24-6-25(17-30)18-31(38)16-24)41-32(44)36(39-19-43)26-7-20-4-21(9-26)10-27(36)8-20/h19-31H,4-18H2,1-3H3,(H,39,43)(H,40,45)(H,41,44)(H,42,46). The predicted octanol–water partition coefficient (Wildman–Crippen LogP) is 4.46. The fraction of sp³-hybridized carbons (Fsp3) is 0.895. The van der Waals surface area contributed by atoms with E-state index in [-0.39, 0.29) is 53.2 Å². The highest BCUT2D eigenvalue weighted by Gasteiger charge is 2.69. The molecule has 0 aliphatic heterocycles. The molecule has 12 aliphatic carbocycles. The van der Waals surface area contributed by atoms with Crippen molar-refractivity contribution in [3.8, 4) is 0 Å². The highest BCUT2D eigenvalue weighted by Crippen LogP contribution is 2.62. The number of hydrogen-bond donors (Lipinski definition) is 4. The van der Waals surface area contributed by atoms with Gasteiger partial charge in [-0.05, 0) is 188 Å². The molecule has 0 heterocycles. The lowest BCUT2D eigenvalue weighted by Gasteiger charge is -2.64. The first-order valence-electron chi connectivity index (χ1n) is 19.1. The zero-order chi connectivity index (χ0) is 31.8. The SMILES string of the molecule is CC(C)(C)NC(=O)C1(NC(=O)C2(NC(=O)C3(NC=O)C4CC5CC(C4)CC3C5)C3CC4CC(C3)CC2C4)C2CC3CC(C2)CC1C3. The van der Waals surface area contributed by atoms with Gasteiger partial charge in [0.25, 0.3) is 0 Å². The van der Waals surface area contributed by atoms with Gasteiger partial charge in [0.2, 0.25) is 24.1 Å². The molecule has 12 saturated carbocycles. The van der Waals surface area contributed by atoms with E-state index in [0.717, 1.165) is 83.5 Å². The maximum atomic E-state index is 15.5. The number of rotatable bonds is 7. The number of nitrogens with one attached hydrogen (secondary N) is 4. The van der Waals surface area contributed by atoms with Crippen molar-refractivity contribution < 1.29 is 19.2 Å². The van der Waals surface area contributed by atoms with Gasteiger partial charge >= 0.3 is 0 Å². The molecule has 0 unspecified atom stereocenters. The lowest BCUT2D eigenvalue weighted by Crippen LogP contribution is -2.81.